The molecule has 0 spiro atoms. The summed E-state index contributed by atoms with van der Waals surface area (Å²) < 4.78 is 39.6. The topological polar surface area (TPSA) is 0 Å². The van der Waals surface area contributed by atoms with E-state index in [9.17, 15) is 13.2 Å². The molecule has 0 aliphatic rings. The molecule has 0 atom stereocenters. The summed E-state index contributed by atoms with van der Waals surface area (Å²) in [7, 11) is 0. The van der Waals surface area contributed by atoms with Gasteiger partial charge in [0, 0.05) is 5.56 Å². The molecular formula is C15H15F3. The number of rotatable bonds is 1. The minimum atomic E-state index is -0.565. The van der Waals surface area contributed by atoms with Crippen LogP contribution in [0, 0.1) is 24.4 Å². The van der Waals surface area contributed by atoms with Gasteiger partial charge in [-0.1, -0.05) is 26.0 Å². The zero-order valence-electron chi connectivity index (χ0n) is 10.6. The van der Waals surface area contributed by atoms with Crippen molar-refractivity contribution in [1.82, 2.24) is 0 Å². The maximum atomic E-state index is 13.4. The van der Waals surface area contributed by atoms with Crippen LogP contribution in [0.2, 0.25) is 0 Å². The molecule has 0 nitrogen and oxygen atoms in total. The summed E-state index contributed by atoms with van der Waals surface area (Å²) in [6.07, 6.45) is 0. The minimum absolute atomic E-state index is 0.0684. The lowest BCUT2D eigenvalue weighted by Crippen LogP contribution is -1.89. The average Bonchev–Trinajstić information content (AvgIpc) is 2.38. The largest absolute Gasteiger partial charge is 0.207 e. The molecule has 2 aromatic carbocycles. The molecule has 0 aliphatic carbocycles. The molecule has 0 amide bonds. The van der Waals surface area contributed by atoms with Crippen molar-refractivity contribution >= 4 is 0 Å². The molecule has 0 aliphatic heterocycles. The van der Waals surface area contributed by atoms with Crippen molar-refractivity contribution < 1.29 is 13.2 Å². The summed E-state index contributed by atoms with van der Waals surface area (Å²) >= 11 is 0. The van der Waals surface area contributed by atoms with Crippen LogP contribution >= 0.6 is 0 Å². The van der Waals surface area contributed by atoms with Crippen LogP contribution in [0.25, 0.3) is 11.1 Å². The smallest absolute Gasteiger partial charge is 0.131 e. The van der Waals surface area contributed by atoms with Gasteiger partial charge in [0.25, 0.3) is 0 Å². The Bertz CT molecular complexity index is 533. The van der Waals surface area contributed by atoms with Crippen molar-refractivity contribution in [3.63, 3.8) is 0 Å². The first-order valence-corrected chi connectivity index (χ1v) is 5.79. The van der Waals surface area contributed by atoms with Crippen LogP contribution in [0.15, 0.2) is 36.4 Å². The van der Waals surface area contributed by atoms with E-state index in [2.05, 4.69) is 0 Å². The lowest BCUT2D eigenvalue weighted by Gasteiger charge is -2.05. The Morgan fingerprint density at radius 3 is 2.06 bits per heavy atom. The van der Waals surface area contributed by atoms with Crippen LogP contribution in [0.4, 0.5) is 13.2 Å². The van der Waals surface area contributed by atoms with E-state index in [0.717, 1.165) is 18.2 Å². The van der Waals surface area contributed by atoms with Crippen LogP contribution in [0.3, 0.4) is 0 Å². The van der Waals surface area contributed by atoms with Crippen molar-refractivity contribution in [2.45, 2.75) is 20.8 Å². The Hall–Kier alpha value is -1.77. The highest BCUT2D eigenvalue weighted by Gasteiger charge is 2.08. The summed E-state index contributed by atoms with van der Waals surface area (Å²) in [6, 6.07) is 7.42. The summed E-state index contributed by atoms with van der Waals surface area (Å²) in [6.45, 7) is 5.61. The molecule has 0 bridgehead atoms. The van der Waals surface area contributed by atoms with Crippen LogP contribution in [0.5, 0.6) is 0 Å². The first-order valence-electron chi connectivity index (χ1n) is 5.79. The van der Waals surface area contributed by atoms with E-state index in [4.69, 9.17) is 0 Å². The molecule has 2 aromatic rings. The van der Waals surface area contributed by atoms with Gasteiger partial charge in [-0.15, -0.1) is 0 Å². The molecule has 18 heavy (non-hydrogen) atoms. The Morgan fingerprint density at radius 1 is 0.778 bits per heavy atom. The summed E-state index contributed by atoms with van der Waals surface area (Å²) in [5.74, 6) is -1.54. The van der Waals surface area contributed by atoms with Gasteiger partial charge in [0.1, 0.15) is 17.5 Å². The molecule has 0 fully saturated rings. The molecule has 3 heteroatoms. The van der Waals surface area contributed by atoms with Crippen molar-refractivity contribution in [2.24, 2.45) is 0 Å². The van der Waals surface area contributed by atoms with E-state index in [0.29, 0.717) is 11.1 Å². The number of hydrogen-bond acceptors (Lipinski definition) is 0. The molecular weight excluding hydrogens is 237 g/mol. The van der Waals surface area contributed by atoms with Gasteiger partial charge < -0.3 is 0 Å². The number of halogens is 3. The third kappa shape index (κ3) is 3.13. The van der Waals surface area contributed by atoms with E-state index >= 15 is 0 Å². The maximum Gasteiger partial charge on any atom is 0.131 e. The summed E-state index contributed by atoms with van der Waals surface area (Å²) in [5.41, 5.74) is 0.875. The van der Waals surface area contributed by atoms with Gasteiger partial charge in [-0.25, -0.2) is 13.2 Å². The second kappa shape index (κ2) is 6.24. The van der Waals surface area contributed by atoms with Crippen molar-refractivity contribution in [1.29, 1.82) is 0 Å². The third-order valence-electron chi connectivity index (χ3n) is 2.41. The van der Waals surface area contributed by atoms with E-state index < -0.39 is 17.5 Å². The highest BCUT2D eigenvalue weighted by Crippen LogP contribution is 2.25. The van der Waals surface area contributed by atoms with E-state index in [1.165, 1.54) is 12.1 Å². The second-order valence-electron chi connectivity index (χ2n) is 3.59. The fourth-order valence-corrected chi connectivity index (χ4v) is 1.48. The fraction of sp³-hybridized carbons (Fsp3) is 0.200. The Balaban J connectivity index is 0.000000771. The number of benzene rings is 2. The molecule has 0 heterocycles. The first kappa shape index (κ1) is 14.3. The Morgan fingerprint density at radius 2 is 1.44 bits per heavy atom. The van der Waals surface area contributed by atoms with Gasteiger partial charge in [0.05, 0.1) is 0 Å². The lowest BCUT2D eigenvalue weighted by atomic mass is 10.0. The Kier molecular flexibility index (Phi) is 4.95. The van der Waals surface area contributed by atoms with Crippen molar-refractivity contribution in [2.75, 3.05) is 0 Å². The molecule has 0 radical (unpaired) electrons. The van der Waals surface area contributed by atoms with E-state index in [-0.39, 0.29) is 5.56 Å². The van der Waals surface area contributed by atoms with Gasteiger partial charge >= 0.3 is 0 Å². The molecule has 0 unspecified atom stereocenters. The van der Waals surface area contributed by atoms with Gasteiger partial charge in [-0.3, -0.25) is 0 Å². The summed E-state index contributed by atoms with van der Waals surface area (Å²) in [4.78, 5) is 0. The zero-order valence-corrected chi connectivity index (χ0v) is 10.6. The molecule has 0 saturated heterocycles. The average molecular weight is 252 g/mol. The van der Waals surface area contributed by atoms with Gasteiger partial charge in [-0.05, 0) is 42.3 Å². The quantitative estimate of drug-likeness (QED) is 0.662. The lowest BCUT2D eigenvalue weighted by molar-refractivity contribution is 0.602. The Labute approximate surface area is 105 Å². The van der Waals surface area contributed by atoms with Gasteiger partial charge in [0.2, 0.25) is 0 Å². The third-order valence-corrected chi connectivity index (χ3v) is 2.41. The van der Waals surface area contributed by atoms with Gasteiger partial charge in [-0.2, -0.15) is 0 Å². The van der Waals surface area contributed by atoms with E-state index in [1.807, 2.05) is 13.8 Å². The molecule has 0 N–H and O–H groups in total. The molecule has 96 valence electrons. The first-order chi connectivity index (χ1) is 8.58. The van der Waals surface area contributed by atoms with Gasteiger partial charge in [0.15, 0.2) is 0 Å². The normalized spacial score (nSPS) is 9.67. The zero-order chi connectivity index (χ0) is 13.7. The molecule has 0 saturated carbocycles. The standard InChI is InChI=1S/C13H9F3.C2H6/c1-8-2-3-9(6-13(8)16)11-7-10(14)4-5-12(11)15;1-2/h2-7H,1H3;1-2H3. The van der Waals surface area contributed by atoms with Crippen LogP contribution < -0.4 is 0 Å². The predicted molar refractivity (Wildman–Crippen MR) is 67.8 cm³/mol. The van der Waals surface area contributed by atoms with Crippen molar-refractivity contribution in [3.05, 3.63) is 59.4 Å². The number of hydrogen-bond donors (Lipinski definition) is 0. The van der Waals surface area contributed by atoms with Crippen LogP contribution in [0.1, 0.15) is 19.4 Å². The SMILES string of the molecule is CC.Cc1ccc(-c2cc(F)ccc2F)cc1F. The molecule has 2 rings (SSSR count). The van der Waals surface area contributed by atoms with Crippen LogP contribution in [-0.4, -0.2) is 0 Å². The monoisotopic (exact) mass is 252 g/mol. The van der Waals surface area contributed by atoms with Crippen LogP contribution in [-0.2, 0) is 0 Å². The fourth-order valence-electron chi connectivity index (χ4n) is 1.48. The van der Waals surface area contributed by atoms with Crippen molar-refractivity contribution in [3.8, 4) is 11.1 Å². The maximum absolute atomic E-state index is 13.4. The minimum Gasteiger partial charge on any atom is -0.207 e. The molecule has 0 aromatic heterocycles. The second-order valence-corrected chi connectivity index (χ2v) is 3.59. The van der Waals surface area contributed by atoms with E-state index in [1.54, 1.807) is 13.0 Å². The predicted octanol–water partition coefficient (Wildman–Crippen LogP) is 5.11. The number of aryl methyl sites for hydroxylation is 1. The highest BCUT2D eigenvalue weighted by molar-refractivity contribution is 5.64. The highest BCUT2D eigenvalue weighted by atomic mass is 19.1. The summed E-state index contributed by atoms with van der Waals surface area (Å²) in [5, 5.41) is 0.